The second-order valence-electron chi connectivity index (χ2n) is 21.8. The summed E-state index contributed by atoms with van der Waals surface area (Å²) < 4.78 is 23.9. The van der Waals surface area contributed by atoms with E-state index in [1.54, 1.807) is 0 Å². The second kappa shape index (κ2) is 28.2. The number of benzene rings is 2. The zero-order chi connectivity index (χ0) is 59.9. The van der Waals surface area contributed by atoms with Gasteiger partial charge in [-0.15, -0.1) is 46.4 Å². The number of amidine groups is 4. The Hall–Kier alpha value is -5.68. The fourth-order valence-corrected chi connectivity index (χ4v) is 12.2. The number of ether oxygens (including phenoxy) is 4. The molecule has 2 aliphatic heterocycles. The van der Waals surface area contributed by atoms with Gasteiger partial charge in [-0.1, -0.05) is 0 Å². The number of aryl methyl sites for hydroxylation is 8. The Labute approximate surface area is 515 Å². The van der Waals surface area contributed by atoms with Gasteiger partial charge in [0.2, 0.25) is 0 Å². The minimum atomic E-state index is 0.0416. The first-order chi connectivity index (χ1) is 40.5. The maximum absolute atomic E-state index is 5.99. The third-order valence-corrected chi connectivity index (χ3v) is 16.4. The van der Waals surface area contributed by atoms with Gasteiger partial charge in [0.15, 0.2) is 23.3 Å². The van der Waals surface area contributed by atoms with E-state index in [1.807, 2.05) is 27.7 Å². The highest BCUT2D eigenvalue weighted by molar-refractivity contribution is 6.41. The van der Waals surface area contributed by atoms with Crippen molar-refractivity contribution in [2.75, 3.05) is 47.7 Å². The third kappa shape index (κ3) is 13.6. The van der Waals surface area contributed by atoms with Crippen LogP contribution in [0.15, 0.2) is 68.5 Å². The zero-order valence-electron chi connectivity index (χ0n) is 50.6. The van der Waals surface area contributed by atoms with E-state index < -0.39 is 0 Å². The molecule has 0 saturated heterocycles. The van der Waals surface area contributed by atoms with Crippen LogP contribution in [0, 0.1) is 55.4 Å². The summed E-state index contributed by atoms with van der Waals surface area (Å²) in [5.74, 6) is 5.77. The molecule has 0 unspecified atom stereocenters. The van der Waals surface area contributed by atoms with Gasteiger partial charge in [-0.2, -0.15) is 0 Å². The molecule has 14 nitrogen and oxygen atoms in total. The molecule has 2 N–H and O–H groups in total. The standard InChI is InChI=1S/2C32H37N5O2.2CH2Cl2/c2*1-7-38-25-11-9-21-19(5)15-27(33-29(21)25)35-31-23-13-17(3)18(4)14-24(23)32(37-31)36-28-16-20(6)22-10-12-26(39-8-2)30(22)34-28;2*2-1-3/h2*13-16,25-26H,7-12H2,1-6H3,(H,33,34,35,36,37);2*1H2/t2*25-,26-;;/m00../s1. The molecular weight excluding hydrogens is 1140 g/mol. The molecule has 0 radical (unpaired) electrons. The molecular formula is C66H78Cl4N10O4. The molecule has 0 saturated carbocycles. The molecule has 6 aromatic rings. The van der Waals surface area contributed by atoms with Gasteiger partial charge < -0.3 is 29.6 Å². The molecule has 0 bridgehead atoms. The highest BCUT2D eigenvalue weighted by atomic mass is 35.5. The van der Waals surface area contributed by atoms with E-state index in [0.29, 0.717) is 49.7 Å². The lowest BCUT2D eigenvalue weighted by molar-refractivity contribution is 0.0613. The number of fused-ring (bicyclic) bond motifs is 6. The molecule has 4 atom stereocenters. The fourth-order valence-electron chi connectivity index (χ4n) is 12.2. The number of alkyl halides is 4. The lowest BCUT2D eigenvalue weighted by Gasteiger charge is -2.14. The lowest BCUT2D eigenvalue weighted by Crippen LogP contribution is -2.15. The van der Waals surface area contributed by atoms with Crippen LogP contribution in [0.25, 0.3) is 0 Å². The maximum Gasteiger partial charge on any atom is 0.164 e. The van der Waals surface area contributed by atoms with Crippen molar-refractivity contribution < 1.29 is 18.9 Å². The predicted molar refractivity (Wildman–Crippen MR) is 344 cm³/mol. The van der Waals surface area contributed by atoms with Crippen LogP contribution in [0.4, 0.5) is 23.3 Å². The number of hydrogen-bond acceptors (Lipinski definition) is 12. The summed E-state index contributed by atoms with van der Waals surface area (Å²) in [4.78, 5) is 39.9. The Balaban J connectivity index is 0.000000184. The van der Waals surface area contributed by atoms with E-state index >= 15 is 0 Å². The van der Waals surface area contributed by atoms with Crippen LogP contribution in [0.1, 0.15) is 190 Å². The van der Waals surface area contributed by atoms with Gasteiger partial charge in [0.25, 0.3) is 0 Å². The number of nitrogens with zero attached hydrogens (tertiary/aromatic N) is 8. The van der Waals surface area contributed by atoms with Crippen LogP contribution in [-0.2, 0) is 44.6 Å². The highest BCUT2D eigenvalue weighted by Gasteiger charge is 2.33. The maximum atomic E-state index is 5.99. The first-order valence-corrected chi connectivity index (χ1v) is 31.5. The van der Waals surface area contributed by atoms with Gasteiger partial charge in [-0.3, -0.25) is 0 Å². The number of nitrogens with one attached hydrogen (secondary N) is 2. The van der Waals surface area contributed by atoms with E-state index in [9.17, 15) is 0 Å². The molecule has 18 heteroatoms. The van der Waals surface area contributed by atoms with E-state index in [2.05, 4.69) is 115 Å². The molecule has 444 valence electrons. The summed E-state index contributed by atoms with van der Waals surface area (Å²) in [6.45, 7) is 28.0. The van der Waals surface area contributed by atoms with Crippen LogP contribution in [-0.4, -0.2) is 80.4 Å². The van der Waals surface area contributed by atoms with Crippen molar-refractivity contribution in [1.29, 1.82) is 0 Å². The summed E-state index contributed by atoms with van der Waals surface area (Å²) in [5, 5.41) is 7.45. The highest BCUT2D eigenvalue weighted by Crippen LogP contribution is 2.41. The molecule has 0 amide bonds. The number of halogens is 4. The Bertz CT molecular complexity index is 3330. The average molecular weight is 1220 g/mol. The van der Waals surface area contributed by atoms with E-state index in [-0.39, 0.29) is 35.1 Å². The molecule has 6 aliphatic rings. The summed E-state index contributed by atoms with van der Waals surface area (Å²) in [5.41, 5.74) is 23.2. The second-order valence-corrected chi connectivity index (χ2v) is 23.5. The lowest BCUT2D eigenvalue weighted by atomic mass is 10.00. The number of hydrogen-bond donors (Lipinski definition) is 2. The molecule has 4 aliphatic carbocycles. The largest absolute Gasteiger partial charge is 0.372 e. The molecule has 2 aromatic carbocycles. The minimum absolute atomic E-state index is 0.0416. The summed E-state index contributed by atoms with van der Waals surface area (Å²) >= 11 is 19.1. The van der Waals surface area contributed by atoms with Gasteiger partial charge in [0.05, 0.1) is 33.5 Å². The van der Waals surface area contributed by atoms with Gasteiger partial charge in [-0.25, -0.2) is 39.9 Å². The van der Waals surface area contributed by atoms with Crippen LogP contribution in [0.2, 0.25) is 0 Å². The Kier molecular flexibility index (Phi) is 21.1. The average Bonchev–Trinajstić information content (AvgIpc) is 3.47. The van der Waals surface area contributed by atoms with Crippen LogP contribution < -0.4 is 10.6 Å². The van der Waals surface area contributed by atoms with Gasteiger partial charge in [0.1, 0.15) is 47.7 Å². The topological polar surface area (TPSA) is 162 Å². The Morgan fingerprint density at radius 3 is 0.964 bits per heavy atom. The first kappa shape index (κ1) is 62.8. The summed E-state index contributed by atoms with van der Waals surface area (Å²) in [7, 11) is 0. The normalized spacial score (nSPS) is 19.2. The number of aromatic nitrogens is 4. The first-order valence-electron chi connectivity index (χ1n) is 29.4. The Morgan fingerprint density at radius 2 is 0.667 bits per heavy atom. The van der Waals surface area contributed by atoms with Crippen LogP contribution >= 0.6 is 46.4 Å². The van der Waals surface area contributed by atoms with Crippen molar-refractivity contribution in [3.63, 3.8) is 0 Å². The SMILES string of the molecule is CCO[C@H]1CCc2c(C)cc(N=C3N=C(Nc4cc(C)c5c(n4)[C@@H](OCC)CC5)c4cc(C)c(C)cc43)nc21.CCO[C@H]1CCc2c(C)cc(N=C3N=C(Nc4cc(C)c5c(n4)[C@@H](OCC)CC5)c4cc(C)c(C)cc43)nc21.ClCCl.ClCCl. The van der Waals surface area contributed by atoms with Crippen molar-refractivity contribution in [2.45, 2.75) is 159 Å². The van der Waals surface area contributed by atoms with Crippen molar-refractivity contribution in [3.05, 3.63) is 160 Å². The van der Waals surface area contributed by atoms with E-state index in [0.717, 1.165) is 120 Å². The number of pyridine rings is 4. The smallest absolute Gasteiger partial charge is 0.164 e. The van der Waals surface area contributed by atoms with Crippen molar-refractivity contribution in [2.24, 2.45) is 20.0 Å². The summed E-state index contributed by atoms with van der Waals surface area (Å²) in [6.07, 6.45) is 8.13. The van der Waals surface area contributed by atoms with E-state index in [1.165, 1.54) is 66.8 Å². The van der Waals surface area contributed by atoms with Crippen LogP contribution in [0.3, 0.4) is 0 Å². The minimum Gasteiger partial charge on any atom is -0.372 e. The molecule has 6 heterocycles. The van der Waals surface area contributed by atoms with Crippen molar-refractivity contribution >= 4 is 93.0 Å². The molecule has 84 heavy (non-hydrogen) atoms. The van der Waals surface area contributed by atoms with Crippen molar-refractivity contribution in [3.8, 4) is 0 Å². The van der Waals surface area contributed by atoms with E-state index in [4.69, 9.17) is 105 Å². The Morgan fingerprint density at radius 1 is 0.393 bits per heavy atom. The van der Waals surface area contributed by atoms with Crippen LogP contribution in [0.5, 0.6) is 0 Å². The predicted octanol–water partition coefficient (Wildman–Crippen LogP) is 16.3. The molecule has 0 fully saturated rings. The van der Waals surface area contributed by atoms with Gasteiger partial charge >= 0.3 is 0 Å². The monoisotopic (exact) mass is 1210 g/mol. The van der Waals surface area contributed by atoms with Gasteiger partial charge in [-0.05, 0) is 250 Å². The molecule has 12 rings (SSSR count). The summed E-state index contributed by atoms with van der Waals surface area (Å²) in [6, 6.07) is 17.1. The molecule has 4 aromatic heterocycles. The number of rotatable bonds is 12. The van der Waals surface area contributed by atoms with Gasteiger partial charge in [0, 0.05) is 48.7 Å². The van der Waals surface area contributed by atoms with Crippen molar-refractivity contribution in [1.82, 2.24) is 19.9 Å². The third-order valence-electron chi connectivity index (χ3n) is 16.4. The fraction of sp³-hybridized carbons (Fsp3) is 0.455. The number of anilines is 2. The quantitative estimate of drug-likeness (QED) is 0.113. The zero-order valence-corrected chi connectivity index (χ0v) is 53.6. The number of aliphatic imine (C=N–C) groups is 4. The molecule has 0 spiro atoms.